The van der Waals surface area contributed by atoms with E-state index in [1.54, 1.807) is 4.57 Å². The van der Waals surface area contributed by atoms with Crippen molar-refractivity contribution in [2.24, 2.45) is 0 Å². The van der Waals surface area contributed by atoms with Crippen molar-refractivity contribution in [2.75, 3.05) is 6.54 Å². The van der Waals surface area contributed by atoms with Gasteiger partial charge in [0, 0.05) is 24.2 Å². The van der Waals surface area contributed by atoms with Gasteiger partial charge in [0.25, 0.3) is 0 Å². The van der Waals surface area contributed by atoms with Crippen molar-refractivity contribution >= 4 is 11.3 Å². The van der Waals surface area contributed by atoms with Gasteiger partial charge in [-0.25, -0.2) is 0 Å². The van der Waals surface area contributed by atoms with Gasteiger partial charge >= 0.3 is 4.87 Å². The molecule has 1 aromatic heterocycles. The first-order valence-corrected chi connectivity index (χ1v) is 5.11. The van der Waals surface area contributed by atoms with Crippen molar-refractivity contribution in [1.29, 1.82) is 0 Å². The second-order valence-corrected chi connectivity index (χ2v) is 3.97. The van der Waals surface area contributed by atoms with Crippen molar-refractivity contribution in [3.63, 3.8) is 0 Å². The molecule has 1 atom stereocenters. The van der Waals surface area contributed by atoms with Gasteiger partial charge in [0.15, 0.2) is 0 Å². The Hall–Kier alpha value is -0.610. The smallest absolute Gasteiger partial charge is 0.307 e. The average molecular weight is 184 g/mol. The van der Waals surface area contributed by atoms with Gasteiger partial charge in [-0.3, -0.25) is 4.79 Å². The standard InChI is InChI=1S/C8H12N2OS/c11-8-10(4-5-12-8)6-7-2-1-3-9-7/h4-5,7,9H,1-3,6H2/t7-/m0/s1. The van der Waals surface area contributed by atoms with E-state index in [9.17, 15) is 4.79 Å². The van der Waals surface area contributed by atoms with Gasteiger partial charge < -0.3 is 9.88 Å². The third kappa shape index (κ3) is 1.59. The molecule has 1 aliphatic rings. The Labute approximate surface area is 75.0 Å². The molecule has 0 saturated carbocycles. The normalized spacial score (nSPS) is 23.2. The Bertz CT molecular complexity index is 298. The average Bonchev–Trinajstić information content (AvgIpc) is 2.65. The Kier molecular flexibility index (Phi) is 2.28. The van der Waals surface area contributed by atoms with E-state index in [0.29, 0.717) is 6.04 Å². The number of aromatic nitrogens is 1. The Morgan fingerprint density at radius 2 is 2.67 bits per heavy atom. The summed E-state index contributed by atoms with van der Waals surface area (Å²) in [7, 11) is 0. The summed E-state index contributed by atoms with van der Waals surface area (Å²) in [5.41, 5.74) is 0. The fraction of sp³-hybridized carbons (Fsp3) is 0.625. The van der Waals surface area contributed by atoms with Crippen LogP contribution in [0.3, 0.4) is 0 Å². The number of hydrogen-bond acceptors (Lipinski definition) is 3. The number of hydrogen-bond donors (Lipinski definition) is 1. The fourth-order valence-corrected chi connectivity index (χ4v) is 2.17. The van der Waals surface area contributed by atoms with E-state index in [0.717, 1.165) is 13.1 Å². The van der Waals surface area contributed by atoms with Crippen LogP contribution in [0.15, 0.2) is 16.4 Å². The highest BCUT2D eigenvalue weighted by Gasteiger charge is 2.14. The second kappa shape index (κ2) is 3.41. The number of rotatable bonds is 2. The minimum Gasteiger partial charge on any atom is -0.312 e. The molecule has 3 nitrogen and oxygen atoms in total. The van der Waals surface area contributed by atoms with Gasteiger partial charge in [-0.15, -0.1) is 0 Å². The summed E-state index contributed by atoms with van der Waals surface area (Å²) >= 11 is 1.27. The lowest BCUT2D eigenvalue weighted by Gasteiger charge is -2.09. The zero-order chi connectivity index (χ0) is 8.39. The summed E-state index contributed by atoms with van der Waals surface area (Å²) in [4.78, 5) is 11.3. The molecule has 12 heavy (non-hydrogen) atoms. The summed E-state index contributed by atoms with van der Waals surface area (Å²) in [6.45, 7) is 1.94. The van der Waals surface area contributed by atoms with Crippen LogP contribution in [-0.2, 0) is 6.54 Å². The molecule has 4 heteroatoms. The molecule has 0 aromatic carbocycles. The topological polar surface area (TPSA) is 34.0 Å². The molecule has 0 unspecified atom stereocenters. The zero-order valence-corrected chi connectivity index (χ0v) is 7.64. The van der Waals surface area contributed by atoms with Crippen molar-refractivity contribution in [3.8, 4) is 0 Å². The zero-order valence-electron chi connectivity index (χ0n) is 6.82. The van der Waals surface area contributed by atoms with Gasteiger partial charge in [-0.1, -0.05) is 11.3 Å². The molecule has 1 fully saturated rings. The molecular formula is C8H12N2OS. The number of thiazole rings is 1. The summed E-state index contributed by atoms with van der Waals surface area (Å²) in [5.74, 6) is 0. The van der Waals surface area contributed by atoms with Gasteiger partial charge in [0.1, 0.15) is 0 Å². The molecule has 0 amide bonds. The second-order valence-electron chi connectivity index (χ2n) is 3.11. The van der Waals surface area contributed by atoms with Crippen molar-refractivity contribution in [1.82, 2.24) is 9.88 Å². The maximum Gasteiger partial charge on any atom is 0.307 e. The molecule has 1 N–H and O–H groups in total. The molecule has 1 aliphatic heterocycles. The van der Waals surface area contributed by atoms with Crippen LogP contribution in [0.1, 0.15) is 12.8 Å². The van der Waals surface area contributed by atoms with Gasteiger partial charge in [-0.05, 0) is 19.4 Å². The molecule has 0 bridgehead atoms. The predicted molar refractivity (Wildman–Crippen MR) is 49.6 cm³/mol. The monoisotopic (exact) mass is 184 g/mol. The highest BCUT2D eigenvalue weighted by atomic mass is 32.1. The first-order chi connectivity index (χ1) is 5.86. The molecule has 0 radical (unpaired) electrons. The Morgan fingerprint density at radius 1 is 1.75 bits per heavy atom. The van der Waals surface area contributed by atoms with Crippen LogP contribution in [0.25, 0.3) is 0 Å². The molecule has 2 rings (SSSR count). The van der Waals surface area contributed by atoms with Gasteiger partial charge in [0.05, 0.1) is 0 Å². The van der Waals surface area contributed by atoms with Crippen molar-refractivity contribution < 1.29 is 0 Å². The molecule has 0 spiro atoms. The third-order valence-corrected chi connectivity index (χ3v) is 2.92. The lowest BCUT2D eigenvalue weighted by Crippen LogP contribution is -2.29. The third-order valence-electron chi connectivity index (χ3n) is 2.22. The van der Waals surface area contributed by atoms with Crippen LogP contribution >= 0.6 is 11.3 Å². The first-order valence-electron chi connectivity index (χ1n) is 4.23. The summed E-state index contributed by atoms with van der Waals surface area (Å²) < 4.78 is 1.79. The quantitative estimate of drug-likeness (QED) is 0.732. The highest BCUT2D eigenvalue weighted by Crippen LogP contribution is 2.06. The van der Waals surface area contributed by atoms with E-state index in [-0.39, 0.29) is 4.87 Å². The van der Waals surface area contributed by atoms with Crippen LogP contribution in [0.2, 0.25) is 0 Å². The van der Waals surface area contributed by atoms with E-state index in [1.807, 2.05) is 11.6 Å². The Balaban J connectivity index is 2.03. The minimum atomic E-state index is 0.156. The van der Waals surface area contributed by atoms with Crippen LogP contribution < -0.4 is 10.2 Å². The van der Waals surface area contributed by atoms with Crippen LogP contribution in [0.5, 0.6) is 0 Å². The maximum absolute atomic E-state index is 11.2. The van der Waals surface area contributed by atoms with Crippen molar-refractivity contribution in [3.05, 3.63) is 21.2 Å². The molecule has 2 heterocycles. The molecule has 0 aliphatic carbocycles. The molecule has 1 saturated heterocycles. The fourth-order valence-electron chi connectivity index (χ4n) is 1.58. The van der Waals surface area contributed by atoms with Crippen LogP contribution in [-0.4, -0.2) is 17.2 Å². The lowest BCUT2D eigenvalue weighted by atomic mass is 10.2. The molecule has 66 valence electrons. The molecule has 1 aromatic rings. The van der Waals surface area contributed by atoms with E-state index >= 15 is 0 Å². The maximum atomic E-state index is 11.2. The predicted octanol–water partition coefficient (Wildman–Crippen LogP) is 0.662. The van der Waals surface area contributed by atoms with E-state index < -0.39 is 0 Å². The van der Waals surface area contributed by atoms with Crippen LogP contribution in [0.4, 0.5) is 0 Å². The van der Waals surface area contributed by atoms with Gasteiger partial charge in [0.2, 0.25) is 0 Å². The first kappa shape index (κ1) is 8.01. The van der Waals surface area contributed by atoms with E-state index in [2.05, 4.69) is 5.32 Å². The van der Waals surface area contributed by atoms with E-state index in [4.69, 9.17) is 0 Å². The summed E-state index contributed by atoms with van der Waals surface area (Å²) in [6, 6.07) is 0.511. The summed E-state index contributed by atoms with van der Waals surface area (Å²) in [5, 5.41) is 5.21. The highest BCUT2D eigenvalue weighted by molar-refractivity contribution is 7.07. The lowest BCUT2D eigenvalue weighted by molar-refractivity contribution is 0.505. The largest absolute Gasteiger partial charge is 0.312 e. The number of nitrogens with one attached hydrogen (secondary N) is 1. The minimum absolute atomic E-state index is 0.156. The number of nitrogens with zero attached hydrogens (tertiary/aromatic N) is 1. The SMILES string of the molecule is O=c1sccn1C[C@@H]1CCCN1. The Morgan fingerprint density at radius 3 is 3.25 bits per heavy atom. The van der Waals surface area contributed by atoms with Gasteiger partial charge in [-0.2, -0.15) is 0 Å². The summed E-state index contributed by atoms with van der Waals surface area (Å²) in [6.07, 6.45) is 4.30. The van der Waals surface area contributed by atoms with Crippen molar-refractivity contribution in [2.45, 2.75) is 25.4 Å². The van der Waals surface area contributed by atoms with Crippen LogP contribution in [0, 0.1) is 0 Å². The van der Waals surface area contributed by atoms with E-state index in [1.165, 1.54) is 24.2 Å². The molecular weight excluding hydrogens is 172 g/mol.